The molecule has 2 aromatic rings. The van der Waals surface area contributed by atoms with Crippen molar-refractivity contribution in [2.45, 2.75) is 25.7 Å². The number of nitrogens with zero attached hydrogens (tertiary/aromatic N) is 1. The van der Waals surface area contributed by atoms with Crippen molar-refractivity contribution in [1.29, 1.82) is 0 Å². The average Bonchev–Trinajstić information content (AvgIpc) is 3.16. The number of amides is 2. The van der Waals surface area contributed by atoms with Crippen LogP contribution in [0.3, 0.4) is 0 Å². The summed E-state index contributed by atoms with van der Waals surface area (Å²) in [5.41, 5.74) is 2.79. The van der Waals surface area contributed by atoms with Crippen molar-refractivity contribution in [3.05, 3.63) is 46.7 Å². The van der Waals surface area contributed by atoms with Gasteiger partial charge in [-0.3, -0.25) is 9.59 Å². The van der Waals surface area contributed by atoms with Crippen LogP contribution in [-0.2, 0) is 16.0 Å². The molecule has 1 aliphatic rings. The summed E-state index contributed by atoms with van der Waals surface area (Å²) in [7, 11) is 0. The Hall–Kier alpha value is -2.14. The minimum Gasteiger partial charge on any atom is -0.326 e. The molecular weight excluding hydrogens is 296 g/mol. The van der Waals surface area contributed by atoms with Gasteiger partial charge in [0.15, 0.2) is 0 Å². The van der Waals surface area contributed by atoms with E-state index in [2.05, 4.69) is 10.7 Å². The Morgan fingerprint density at radius 1 is 1.32 bits per heavy atom. The number of aryl methyl sites for hydroxylation is 1. The number of carbonyl (C=O) groups is 2. The van der Waals surface area contributed by atoms with Gasteiger partial charge in [-0.1, -0.05) is 6.07 Å². The number of carbonyl (C=O) groups excluding carboxylic acids is 2. The van der Waals surface area contributed by atoms with E-state index in [9.17, 15) is 9.59 Å². The van der Waals surface area contributed by atoms with E-state index in [0.717, 1.165) is 30.8 Å². The lowest BCUT2D eigenvalue weighted by Gasteiger charge is -2.16. The van der Waals surface area contributed by atoms with E-state index >= 15 is 0 Å². The van der Waals surface area contributed by atoms with Gasteiger partial charge in [-0.15, -0.1) is 0 Å². The molecule has 1 aromatic heterocycles. The van der Waals surface area contributed by atoms with Gasteiger partial charge in [0.2, 0.25) is 11.8 Å². The minimum absolute atomic E-state index is 0.00361. The normalized spacial score (nSPS) is 14.4. The van der Waals surface area contributed by atoms with Crippen molar-refractivity contribution in [2.24, 2.45) is 0 Å². The van der Waals surface area contributed by atoms with Gasteiger partial charge in [-0.2, -0.15) is 11.3 Å². The molecule has 22 heavy (non-hydrogen) atoms. The van der Waals surface area contributed by atoms with Crippen LogP contribution in [0, 0.1) is 0 Å². The molecule has 0 unspecified atom stereocenters. The quantitative estimate of drug-likeness (QED) is 0.919. The molecule has 1 N–H and O–H groups in total. The lowest BCUT2D eigenvalue weighted by Crippen LogP contribution is -2.23. The molecule has 3 rings (SSSR count). The second-order valence-electron chi connectivity index (χ2n) is 5.38. The van der Waals surface area contributed by atoms with Crippen molar-refractivity contribution >= 4 is 34.5 Å². The van der Waals surface area contributed by atoms with Gasteiger partial charge < -0.3 is 10.2 Å². The third kappa shape index (κ3) is 3.54. The Kier molecular flexibility index (Phi) is 4.53. The number of rotatable bonds is 5. The molecule has 0 bridgehead atoms. The monoisotopic (exact) mass is 314 g/mol. The van der Waals surface area contributed by atoms with Crippen LogP contribution in [0.15, 0.2) is 41.1 Å². The lowest BCUT2D eigenvalue weighted by molar-refractivity contribution is -0.117. The second-order valence-corrected chi connectivity index (χ2v) is 6.16. The van der Waals surface area contributed by atoms with Gasteiger partial charge in [0.1, 0.15) is 0 Å². The Balaban J connectivity index is 1.60. The molecule has 0 atom stereocenters. The molecule has 4 nitrogen and oxygen atoms in total. The van der Waals surface area contributed by atoms with Crippen molar-refractivity contribution in [3.63, 3.8) is 0 Å². The first-order chi connectivity index (χ1) is 10.7. The van der Waals surface area contributed by atoms with Crippen LogP contribution >= 0.6 is 11.3 Å². The summed E-state index contributed by atoms with van der Waals surface area (Å²) in [5, 5.41) is 6.99. The fraction of sp³-hybridized carbons (Fsp3) is 0.294. The Morgan fingerprint density at radius 3 is 2.95 bits per heavy atom. The predicted octanol–water partition coefficient (Wildman–Crippen LogP) is 3.45. The molecule has 0 aliphatic carbocycles. The zero-order valence-electron chi connectivity index (χ0n) is 12.2. The molecule has 1 fully saturated rings. The molecule has 1 aliphatic heterocycles. The molecule has 114 valence electrons. The third-order valence-corrected chi connectivity index (χ3v) is 4.47. The Morgan fingerprint density at radius 2 is 2.23 bits per heavy atom. The zero-order chi connectivity index (χ0) is 15.4. The fourth-order valence-corrected chi connectivity index (χ4v) is 3.29. The van der Waals surface area contributed by atoms with Crippen LogP contribution < -0.4 is 10.2 Å². The van der Waals surface area contributed by atoms with E-state index in [1.54, 1.807) is 16.2 Å². The van der Waals surface area contributed by atoms with Crippen molar-refractivity contribution in [1.82, 2.24) is 0 Å². The maximum atomic E-state index is 12.0. The molecule has 5 heteroatoms. The third-order valence-electron chi connectivity index (χ3n) is 3.74. The first-order valence-electron chi connectivity index (χ1n) is 7.44. The maximum Gasteiger partial charge on any atom is 0.227 e. The molecule has 0 spiro atoms. The standard InChI is InChI=1S/C17H18N2O2S/c20-16(7-6-13-8-10-22-12-13)18-14-3-1-4-15(11-14)19-9-2-5-17(19)21/h1,3-4,8,10-12H,2,5-7,9H2,(H,18,20). The molecule has 2 heterocycles. The summed E-state index contributed by atoms with van der Waals surface area (Å²) in [6.45, 7) is 0.758. The summed E-state index contributed by atoms with van der Waals surface area (Å²) in [5.74, 6) is 0.150. The van der Waals surface area contributed by atoms with E-state index in [0.29, 0.717) is 12.8 Å². The zero-order valence-corrected chi connectivity index (χ0v) is 13.1. The predicted molar refractivity (Wildman–Crippen MR) is 89.3 cm³/mol. The molecule has 0 radical (unpaired) electrons. The number of hydrogen-bond donors (Lipinski definition) is 1. The van der Waals surface area contributed by atoms with Crippen LogP contribution in [0.4, 0.5) is 11.4 Å². The Bertz CT molecular complexity index is 667. The van der Waals surface area contributed by atoms with Crippen LogP contribution in [0.1, 0.15) is 24.8 Å². The van der Waals surface area contributed by atoms with Crippen molar-refractivity contribution in [2.75, 3.05) is 16.8 Å². The van der Waals surface area contributed by atoms with Crippen LogP contribution in [-0.4, -0.2) is 18.4 Å². The summed E-state index contributed by atoms with van der Waals surface area (Å²) >= 11 is 1.64. The smallest absolute Gasteiger partial charge is 0.227 e. The van der Waals surface area contributed by atoms with Crippen LogP contribution in [0.25, 0.3) is 0 Å². The minimum atomic E-state index is -0.00361. The van der Waals surface area contributed by atoms with Crippen LogP contribution in [0.2, 0.25) is 0 Å². The van der Waals surface area contributed by atoms with Gasteiger partial charge in [-0.25, -0.2) is 0 Å². The van der Waals surface area contributed by atoms with Gasteiger partial charge >= 0.3 is 0 Å². The SMILES string of the molecule is O=C(CCc1ccsc1)Nc1cccc(N2CCCC2=O)c1. The molecule has 0 saturated carbocycles. The Labute approximate surface area is 133 Å². The number of anilines is 2. The average molecular weight is 314 g/mol. The first kappa shape index (κ1) is 14.8. The van der Waals surface area contributed by atoms with Crippen molar-refractivity contribution < 1.29 is 9.59 Å². The van der Waals surface area contributed by atoms with Gasteiger partial charge in [0, 0.05) is 30.8 Å². The van der Waals surface area contributed by atoms with Gasteiger partial charge in [0.05, 0.1) is 0 Å². The van der Waals surface area contributed by atoms with E-state index in [1.165, 1.54) is 5.56 Å². The lowest BCUT2D eigenvalue weighted by atomic mass is 10.2. The highest BCUT2D eigenvalue weighted by atomic mass is 32.1. The number of thiophene rings is 1. The molecule has 2 amide bonds. The highest BCUT2D eigenvalue weighted by Gasteiger charge is 2.21. The largest absolute Gasteiger partial charge is 0.326 e. The summed E-state index contributed by atoms with van der Waals surface area (Å²) in [6, 6.07) is 9.54. The van der Waals surface area contributed by atoms with E-state index < -0.39 is 0 Å². The van der Waals surface area contributed by atoms with E-state index in [4.69, 9.17) is 0 Å². The molecular formula is C17H18N2O2S. The fourth-order valence-electron chi connectivity index (χ4n) is 2.59. The second kappa shape index (κ2) is 6.75. The molecule has 1 saturated heterocycles. The summed E-state index contributed by atoms with van der Waals surface area (Å²) in [6.07, 6.45) is 2.72. The molecule has 1 aromatic carbocycles. The maximum absolute atomic E-state index is 12.0. The van der Waals surface area contributed by atoms with E-state index in [-0.39, 0.29) is 11.8 Å². The number of nitrogens with one attached hydrogen (secondary N) is 1. The summed E-state index contributed by atoms with van der Waals surface area (Å²) < 4.78 is 0. The van der Waals surface area contributed by atoms with Crippen LogP contribution in [0.5, 0.6) is 0 Å². The van der Waals surface area contributed by atoms with E-state index in [1.807, 2.05) is 35.7 Å². The topological polar surface area (TPSA) is 49.4 Å². The highest BCUT2D eigenvalue weighted by molar-refractivity contribution is 7.07. The summed E-state index contributed by atoms with van der Waals surface area (Å²) in [4.78, 5) is 25.6. The number of benzene rings is 1. The first-order valence-corrected chi connectivity index (χ1v) is 8.38. The van der Waals surface area contributed by atoms with Gasteiger partial charge in [0.25, 0.3) is 0 Å². The van der Waals surface area contributed by atoms with Crippen molar-refractivity contribution in [3.8, 4) is 0 Å². The number of hydrogen-bond acceptors (Lipinski definition) is 3. The van der Waals surface area contributed by atoms with Gasteiger partial charge in [-0.05, 0) is 53.4 Å². The highest BCUT2D eigenvalue weighted by Crippen LogP contribution is 2.24.